The molecule has 19 heavy (non-hydrogen) atoms. The number of aromatic nitrogens is 2. The lowest BCUT2D eigenvalue weighted by Crippen LogP contribution is -2.27. The van der Waals surface area contributed by atoms with Gasteiger partial charge in [0.15, 0.2) is 0 Å². The van der Waals surface area contributed by atoms with E-state index in [1.807, 2.05) is 11.7 Å². The van der Waals surface area contributed by atoms with Crippen molar-refractivity contribution < 1.29 is 0 Å². The van der Waals surface area contributed by atoms with Gasteiger partial charge in [-0.3, -0.25) is 4.68 Å². The molecule has 2 nitrogen and oxygen atoms in total. The molecule has 1 fully saturated rings. The Hall–Kier alpha value is -0.0200. The van der Waals surface area contributed by atoms with E-state index in [-0.39, 0.29) is 0 Å². The lowest BCUT2D eigenvalue weighted by atomic mass is 9.78. The van der Waals surface area contributed by atoms with Crippen LogP contribution in [0.2, 0.25) is 0 Å². The predicted molar refractivity (Wildman–Crippen MR) is 84.8 cm³/mol. The number of hydrogen-bond donors (Lipinski definition) is 0. The monoisotopic (exact) mass is 346 g/mol. The average molecular weight is 348 g/mol. The molecule has 0 aliphatic heterocycles. The summed E-state index contributed by atoms with van der Waals surface area (Å²) in [6.45, 7) is 4.44. The van der Waals surface area contributed by atoms with E-state index in [1.165, 1.54) is 35.8 Å². The fraction of sp³-hybridized carbons (Fsp3) is 0.800. The van der Waals surface area contributed by atoms with Gasteiger partial charge >= 0.3 is 0 Å². The van der Waals surface area contributed by atoms with E-state index in [2.05, 4.69) is 34.9 Å². The van der Waals surface area contributed by atoms with Gasteiger partial charge in [0.2, 0.25) is 0 Å². The summed E-state index contributed by atoms with van der Waals surface area (Å²) < 4.78 is 3.22. The molecular weight excluding hydrogens is 324 g/mol. The van der Waals surface area contributed by atoms with Gasteiger partial charge in [0.25, 0.3) is 0 Å². The molecule has 3 unspecified atom stereocenters. The van der Waals surface area contributed by atoms with Gasteiger partial charge in [0.1, 0.15) is 0 Å². The van der Waals surface area contributed by atoms with Crippen LogP contribution in [0, 0.1) is 11.8 Å². The molecule has 1 aliphatic carbocycles. The van der Waals surface area contributed by atoms with Crippen LogP contribution >= 0.6 is 27.5 Å². The van der Waals surface area contributed by atoms with Crippen molar-refractivity contribution in [3.63, 3.8) is 0 Å². The van der Waals surface area contributed by atoms with Crippen molar-refractivity contribution in [2.45, 2.75) is 57.7 Å². The molecule has 0 aromatic carbocycles. The molecule has 1 saturated carbocycles. The van der Waals surface area contributed by atoms with Crippen molar-refractivity contribution in [1.29, 1.82) is 0 Å². The van der Waals surface area contributed by atoms with Crippen molar-refractivity contribution in [2.24, 2.45) is 18.9 Å². The molecule has 1 aromatic rings. The van der Waals surface area contributed by atoms with Crippen molar-refractivity contribution in [3.05, 3.63) is 15.9 Å². The molecule has 2 rings (SSSR count). The number of hydrogen-bond acceptors (Lipinski definition) is 1. The molecular formula is C15H24BrClN2. The molecule has 4 heteroatoms. The maximum atomic E-state index is 6.56. The van der Waals surface area contributed by atoms with Crippen LogP contribution in [0.1, 0.15) is 50.9 Å². The van der Waals surface area contributed by atoms with E-state index in [1.54, 1.807) is 0 Å². The summed E-state index contributed by atoms with van der Waals surface area (Å²) in [7, 11) is 2.04. The Morgan fingerprint density at radius 1 is 1.37 bits per heavy atom. The quantitative estimate of drug-likeness (QED) is 0.720. The predicted octanol–water partition coefficient (Wildman–Crippen LogP) is 4.72. The number of alkyl halides is 1. The van der Waals surface area contributed by atoms with Crippen LogP contribution in [0.15, 0.2) is 4.47 Å². The standard InChI is InChI=1S/C15H24BrClN2/c1-4-10-6-7-12(17)11(8-10)9-14-15(16)13(5-2)18-19(14)3/h10-12H,4-9H2,1-3H3. The number of nitrogens with zero attached hydrogens (tertiary/aromatic N) is 2. The Balaban J connectivity index is 2.13. The van der Waals surface area contributed by atoms with Gasteiger partial charge in [-0.2, -0.15) is 5.10 Å². The Morgan fingerprint density at radius 3 is 2.68 bits per heavy atom. The highest BCUT2D eigenvalue weighted by Gasteiger charge is 2.30. The molecule has 0 N–H and O–H groups in total. The number of aryl methyl sites for hydroxylation is 2. The summed E-state index contributed by atoms with van der Waals surface area (Å²) in [5.74, 6) is 1.45. The Kier molecular flexibility index (Phi) is 5.36. The molecule has 0 saturated heterocycles. The third-order valence-electron chi connectivity index (χ3n) is 4.53. The molecule has 1 heterocycles. The summed E-state index contributed by atoms with van der Waals surface area (Å²) in [6, 6.07) is 0. The van der Waals surface area contributed by atoms with Gasteiger partial charge in [-0.25, -0.2) is 0 Å². The first-order valence-electron chi connectivity index (χ1n) is 7.41. The largest absolute Gasteiger partial charge is 0.271 e. The third kappa shape index (κ3) is 3.36. The van der Waals surface area contributed by atoms with Gasteiger partial charge in [0, 0.05) is 12.4 Å². The first-order valence-corrected chi connectivity index (χ1v) is 8.64. The van der Waals surface area contributed by atoms with E-state index < -0.39 is 0 Å². The van der Waals surface area contributed by atoms with E-state index in [0.717, 1.165) is 24.5 Å². The minimum atomic E-state index is 0.328. The van der Waals surface area contributed by atoms with Crippen LogP contribution < -0.4 is 0 Å². The fourth-order valence-electron chi connectivity index (χ4n) is 3.20. The highest BCUT2D eigenvalue weighted by Crippen LogP contribution is 2.37. The second kappa shape index (κ2) is 6.62. The summed E-state index contributed by atoms with van der Waals surface area (Å²) in [6.07, 6.45) is 7.04. The lowest BCUT2D eigenvalue weighted by Gasteiger charge is -2.32. The maximum Gasteiger partial charge on any atom is 0.0766 e. The lowest BCUT2D eigenvalue weighted by molar-refractivity contribution is 0.262. The van der Waals surface area contributed by atoms with Crippen LogP contribution in [0.25, 0.3) is 0 Å². The second-order valence-electron chi connectivity index (χ2n) is 5.75. The average Bonchev–Trinajstić information content (AvgIpc) is 2.68. The molecule has 3 atom stereocenters. The SMILES string of the molecule is CCc1nn(C)c(CC2CC(CC)CCC2Cl)c1Br. The summed E-state index contributed by atoms with van der Waals surface area (Å²) in [4.78, 5) is 0. The van der Waals surface area contributed by atoms with Crippen molar-refractivity contribution in [2.75, 3.05) is 0 Å². The van der Waals surface area contributed by atoms with Crippen LogP contribution in [-0.4, -0.2) is 15.2 Å². The number of halogens is 2. The van der Waals surface area contributed by atoms with Crippen LogP contribution in [0.3, 0.4) is 0 Å². The van der Waals surface area contributed by atoms with Crippen LogP contribution in [0.4, 0.5) is 0 Å². The molecule has 108 valence electrons. The first-order chi connectivity index (χ1) is 9.06. The summed E-state index contributed by atoms with van der Waals surface area (Å²) >= 11 is 10.3. The Morgan fingerprint density at radius 2 is 2.11 bits per heavy atom. The second-order valence-corrected chi connectivity index (χ2v) is 7.11. The van der Waals surface area contributed by atoms with E-state index in [4.69, 9.17) is 11.6 Å². The van der Waals surface area contributed by atoms with E-state index in [9.17, 15) is 0 Å². The molecule has 1 aromatic heterocycles. The van der Waals surface area contributed by atoms with Crippen LogP contribution in [-0.2, 0) is 19.9 Å². The van der Waals surface area contributed by atoms with Gasteiger partial charge in [-0.05, 0) is 59.9 Å². The molecule has 0 spiro atoms. The third-order valence-corrected chi connectivity index (χ3v) is 6.02. The molecule has 1 aliphatic rings. The van der Waals surface area contributed by atoms with Crippen LogP contribution in [0.5, 0.6) is 0 Å². The highest BCUT2D eigenvalue weighted by molar-refractivity contribution is 9.10. The zero-order valence-electron chi connectivity index (χ0n) is 12.1. The van der Waals surface area contributed by atoms with E-state index in [0.29, 0.717) is 11.3 Å². The maximum absolute atomic E-state index is 6.56. The number of rotatable bonds is 4. The topological polar surface area (TPSA) is 17.8 Å². The van der Waals surface area contributed by atoms with Gasteiger partial charge in [0.05, 0.1) is 15.9 Å². The summed E-state index contributed by atoms with van der Waals surface area (Å²) in [5.41, 5.74) is 2.47. The first kappa shape index (κ1) is 15.4. The van der Waals surface area contributed by atoms with Crippen molar-refractivity contribution in [1.82, 2.24) is 9.78 Å². The van der Waals surface area contributed by atoms with Gasteiger partial charge in [-0.15, -0.1) is 11.6 Å². The molecule has 0 bridgehead atoms. The normalized spacial score (nSPS) is 27.7. The Bertz CT molecular complexity index is 430. The Labute approximate surface area is 130 Å². The molecule has 0 amide bonds. The van der Waals surface area contributed by atoms with Gasteiger partial charge in [-0.1, -0.05) is 20.3 Å². The molecule has 0 radical (unpaired) electrons. The smallest absolute Gasteiger partial charge is 0.0766 e. The van der Waals surface area contributed by atoms with Gasteiger partial charge < -0.3 is 0 Å². The highest BCUT2D eigenvalue weighted by atomic mass is 79.9. The fourth-order valence-corrected chi connectivity index (χ4v) is 4.29. The van der Waals surface area contributed by atoms with Crippen molar-refractivity contribution >= 4 is 27.5 Å². The zero-order valence-corrected chi connectivity index (χ0v) is 14.5. The summed E-state index contributed by atoms with van der Waals surface area (Å²) in [5, 5.41) is 4.91. The van der Waals surface area contributed by atoms with Crippen molar-refractivity contribution in [3.8, 4) is 0 Å². The zero-order chi connectivity index (χ0) is 14.0. The minimum absolute atomic E-state index is 0.328. The minimum Gasteiger partial charge on any atom is -0.271 e. The van der Waals surface area contributed by atoms with E-state index >= 15 is 0 Å².